The van der Waals surface area contributed by atoms with Gasteiger partial charge in [0.05, 0.1) is 13.2 Å². The lowest BCUT2D eigenvalue weighted by Crippen LogP contribution is -2.64. The van der Waals surface area contributed by atoms with Gasteiger partial charge in [0.15, 0.2) is 0 Å². The molecule has 2 aliphatic rings. The Kier molecular flexibility index (Phi) is 3.56. The number of piperazine rings is 1. The van der Waals surface area contributed by atoms with Crippen LogP contribution in [0.5, 0.6) is 0 Å². The Balaban J connectivity index is 1.92. The van der Waals surface area contributed by atoms with Crippen molar-refractivity contribution >= 4 is 6.09 Å². The van der Waals surface area contributed by atoms with E-state index in [0.717, 1.165) is 19.8 Å². The van der Waals surface area contributed by atoms with Crippen LogP contribution in [0.15, 0.2) is 0 Å². The fourth-order valence-electron chi connectivity index (χ4n) is 2.33. The van der Waals surface area contributed by atoms with Crippen molar-refractivity contribution in [3.63, 3.8) is 0 Å². The molecule has 5 heteroatoms. The molecule has 1 unspecified atom stereocenters. The minimum absolute atomic E-state index is 0.153. The van der Waals surface area contributed by atoms with Crippen molar-refractivity contribution in [3.05, 3.63) is 0 Å². The van der Waals surface area contributed by atoms with Crippen LogP contribution in [0.3, 0.4) is 0 Å². The quantitative estimate of drug-likeness (QED) is 0.766. The van der Waals surface area contributed by atoms with Crippen molar-refractivity contribution in [3.8, 4) is 0 Å². The highest BCUT2D eigenvalue weighted by molar-refractivity contribution is 5.68. The Morgan fingerprint density at radius 3 is 2.61 bits per heavy atom. The van der Waals surface area contributed by atoms with Crippen LogP contribution < -0.4 is 5.32 Å². The van der Waals surface area contributed by atoms with Crippen molar-refractivity contribution in [1.29, 1.82) is 0 Å². The topological polar surface area (TPSA) is 50.8 Å². The third-order valence-corrected chi connectivity index (χ3v) is 3.53. The molecule has 0 aromatic carbocycles. The standard InChI is InChI=1S/C13H24N2O3/c1-12(2,3)18-11(16)15-6-5-14-10(7-15)13(4)8-17-9-13/h10,14H,5-9H2,1-4H3. The van der Waals surface area contributed by atoms with E-state index in [1.165, 1.54) is 0 Å². The fraction of sp³-hybridized carbons (Fsp3) is 0.923. The number of ether oxygens (including phenoxy) is 2. The SMILES string of the molecule is CC(C)(C)OC(=O)N1CCNC(C2(C)COC2)C1. The Labute approximate surface area is 109 Å². The molecule has 1 amide bonds. The van der Waals surface area contributed by atoms with Crippen molar-refractivity contribution < 1.29 is 14.3 Å². The molecule has 2 rings (SSSR count). The van der Waals surface area contributed by atoms with Gasteiger partial charge in [0.1, 0.15) is 5.60 Å². The first-order chi connectivity index (χ1) is 8.30. The van der Waals surface area contributed by atoms with Gasteiger partial charge in [0.25, 0.3) is 0 Å². The Morgan fingerprint density at radius 2 is 2.11 bits per heavy atom. The van der Waals surface area contributed by atoms with E-state index in [1.807, 2.05) is 20.8 Å². The Hall–Kier alpha value is -0.810. The van der Waals surface area contributed by atoms with Crippen LogP contribution in [-0.2, 0) is 9.47 Å². The van der Waals surface area contributed by atoms with Crippen LogP contribution in [0.2, 0.25) is 0 Å². The summed E-state index contributed by atoms with van der Waals surface area (Å²) in [5, 5.41) is 3.48. The van der Waals surface area contributed by atoms with Crippen molar-refractivity contribution in [2.24, 2.45) is 5.41 Å². The summed E-state index contributed by atoms with van der Waals surface area (Å²) >= 11 is 0. The first-order valence-electron chi connectivity index (χ1n) is 6.59. The zero-order valence-corrected chi connectivity index (χ0v) is 11.8. The van der Waals surface area contributed by atoms with E-state index >= 15 is 0 Å². The summed E-state index contributed by atoms with van der Waals surface area (Å²) in [5.41, 5.74) is -0.276. The van der Waals surface area contributed by atoms with E-state index in [9.17, 15) is 4.79 Å². The molecule has 2 fully saturated rings. The van der Waals surface area contributed by atoms with Gasteiger partial charge in [-0.25, -0.2) is 4.79 Å². The summed E-state index contributed by atoms with van der Waals surface area (Å²) < 4.78 is 10.7. The first-order valence-corrected chi connectivity index (χ1v) is 6.59. The molecule has 0 aromatic heterocycles. The third-order valence-electron chi connectivity index (χ3n) is 3.53. The summed E-state index contributed by atoms with van der Waals surface area (Å²) in [5.74, 6) is 0. The van der Waals surface area contributed by atoms with E-state index in [0.29, 0.717) is 19.1 Å². The van der Waals surface area contributed by atoms with E-state index in [4.69, 9.17) is 9.47 Å². The number of amides is 1. The maximum absolute atomic E-state index is 12.0. The average Bonchev–Trinajstić information content (AvgIpc) is 2.24. The molecule has 2 aliphatic heterocycles. The number of carbonyl (C=O) groups is 1. The van der Waals surface area contributed by atoms with Crippen molar-refractivity contribution in [1.82, 2.24) is 10.2 Å². The Bertz CT molecular complexity index is 321. The van der Waals surface area contributed by atoms with Gasteiger partial charge in [-0.15, -0.1) is 0 Å². The van der Waals surface area contributed by atoms with Gasteiger partial charge in [-0.3, -0.25) is 0 Å². The summed E-state index contributed by atoms with van der Waals surface area (Å²) in [6.45, 7) is 11.7. The molecule has 5 nitrogen and oxygen atoms in total. The molecule has 1 N–H and O–H groups in total. The van der Waals surface area contributed by atoms with Crippen LogP contribution >= 0.6 is 0 Å². The van der Waals surface area contributed by atoms with E-state index < -0.39 is 5.60 Å². The predicted octanol–water partition coefficient (Wildman–Crippen LogP) is 1.23. The van der Waals surface area contributed by atoms with Crippen molar-refractivity contribution in [2.45, 2.75) is 39.3 Å². The highest BCUT2D eigenvalue weighted by Crippen LogP contribution is 2.32. The average molecular weight is 256 g/mol. The van der Waals surface area contributed by atoms with Crippen LogP contribution in [0, 0.1) is 5.41 Å². The molecule has 104 valence electrons. The van der Waals surface area contributed by atoms with E-state index in [1.54, 1.807) is 4.90 Å². The second kappa shape index (κ2) is 4.70. The summed E-state index contributed by atoms with van der Waals surface area (Å²) in [6.07, 6.45) is -0.210. The number of hydrogen-bond donors (Lipinski definition) is 1. The van der Waals surface area contributed by atoms with E-state index in [2.05, 4.69) is 12.2 Å². The number of rotatable bonds is 1. The molecule has 0 bridgehead atoms. The van der Waals surface area contributed by atoms with Gasteiger partial charge in [0.2, 0.25) is 0 Å². The zero-order valence-electron chi connectivity index (χ0n) is 11.8. The van der Waals surface area contributed by atoms with Gasteiger partial charge in [-0.1, -0.05) is 6.92 Å². The lowest BCUT2D eigenvalue weighted by Gasteiger charge is -2.48. The molecule has 0 spiro atoms. The van der Waals surface area contributed by atoms with Gasteiger partial charge >= 0.3 is 6.09 Å². The maximum atomic E-state index is 12.0. The minimum atomic E-state index is -0.430. The molecule has 18 heavy (non-hydrogen) atoms. The second-order valence-corrected chi connectivity index (χ2v) is 6.58. The monoisotopic (exact) mass is 256 g/mol. The third kappa shape index (κ3) is 2.95. The molecule has 0 aromatic rings. The lowest BCUT2D eigenvalue weighted by molar-refractivity contribution is -0.128. The van der Waals surface area contributed by atoms with Gasteiger partial charge in [-0.2, -0.15) is 0 Å². The first kappa shape index (κ1) is 13.6. The number of hydrogen-bond acceptors (Lipinski definition) is 4. The minimum Gasteiger partial charge on any atom is -0.444 e. The smallest absolute Gasteiger partial charge is 0.410 e. The van der Waals surface area contributed by atoms with Crippen LogP contribution in [0.4, 0.5) is 4.79 Å². The molecule has 1 atom stereocenters. The number of carbonyl (C=O) groups excluding carboxylic acids is 1. The largest absolute Gasteiger partial charge is 0.444 e. The molecular formula is C13H24N2O3. The Morgan fingerprint density at radius 1 is 1.44 bits per heavy atom. The lowest BCUT2D eigenvalue weighted by atomic mass is 9.79. The number of nitrogens with zero attached hydrogens (tertiary/aromatic N) is 1. The van der Waals surface area contributed by atoms with Crippen LogP contribution in [0.1, 0.15) is 27.7 Å². The predicted molar refractivity (Wildman–Crippen MR) is 68.5 cm³/mol. The van der Waals surface area contributed by atoms with E-state index in [-0.39, 0.29) is 11.5 Å². The summed E-state index contributed by atoms with van der Waals surface area (Å²) in [7, 11) is 0. The summed E-state index contributed by atoms with van der Waals surface area (Å²) in [4.78, 5) is 13.8. The molecular weight excluding hydrogens is 232 g/mol. The molecule has 0 radical (unpaired) electrons. The molecule has 0 aliphatic carbocycles. The molecule has 2 saturated heterocycles. The van der Waals surface area contributed by atoms with Gasteiger partial charge in [-0.05, 0) is 20.8 Å². The van der Waals surface area contributed by atoms with Gasteiger partial charge in [0, 0.05) is 31.1 Å². The van der Waals surface area contributed by atoms with Crippen LogP contribution in [0.25, 0.3) is 0 Å². The summed E-state index contributed by atoms with van der Waals surface area (Å²) in [6, 6.07) is 0.299. The fourth-order valence-corrected chi connectivity index (χ4v) is 2.33. The highest BCUT2D eigenvalue weighted by atomic mass is 16.6. The van der Waals surface area contributed by atoms with Gasteiger partial charge < -0.3 is 19.7 Å². The maximum Gasteiger partial charge on any atom is 0.410 e. The zero-order chi connectivity index (χ0) is 13.4. The van der Waals surface area contributed by atoms with Crippen LogP contribution in [-0.4, -0.2) is 55.5 Å². The number of nitrogens with one attached hydrogen (secondary N) is 1. The van der Waals surface area contributed by atoms with Crippen molar-refractivity contribution in [2.75, 3.05) is 32.8 Å². The molecule has 2 heterocycles. The molecule has 0 saturated carbocycles. The normalized spacial score (nSPS) is 27.6. The second-order valence-electron chi connectivity index (χ2n) is 6.58. The highest BCUT2D eigenvalue weighted by Gasteiger charge is 2.44.